The Hall–Kier alpha value is -2.86. The summed E-state index contributed by atoms with van der Waals surface area (Å²) >= 11 is 0. The normalized spacial score (nSPS) is 24.8. The number of benzene rings is 2. The summed E-state index contributed by atoms with van der Waals surface area (Å²) in [5.74, 6) is -0.0585. The number of nitrogens with zero attached hydrogens (tertiary/aromatic N) is 1. The Labute approximate surface area is 163 Å². The molecule has 2 aromatic rings. The van der Waals surface area contributed by atoms with Gasteiger partial charge in [-0.3, -0.25) is 9.59 Å². The van der Waals surface area contributed by atoms with Crippen LogP contribution in [0.1, 0.15) is 29.6 Å². The van der Waals surface area contributed by atoms with Crippen molar-refractivity contribution in [2.75, 3.05) is 19.6 Å². The quantitative estimate of drug-likeness (QED) is 0.745. The molecule has 0 unspecified atom stereocenters. The zero-order valence-electron chi connectivity index (χ0n) is 15.6. The fourth-order valence-electron chi connectivity index (χ4n) is 4.26. The summed E-state index contributed by atoms with van der Waals surface area (Å²) in [6, 6.07) is 14.2. The number of aliphatic hydroxyl groups excluding tert-OH is 1. The number of piperidine rings is 2. The predicted molar refractivity (Wildman–Crippen MR) is 105 cm³/mol. The van der Waals surface area contributed by atoms with Gasteiger partial charge in [-0.05, 0) is 54.7 Å². The second kappa shape index (κ2) is 7.28. The highest BCUT2D eigenvalue weighted by Crippen LogP contribution is 2.37. The molecule has 28 heavy (non-hydrogen) atoms. The average Bonchev–Trinajstić information content (AvgIpc) is 2.72. The van der Waals surface area contributed by atoms with Crippen LogP contribution in [0.4, 0.5) is 0 Å². The molecule has 6 nitrogen and oxygen atoms in total. The third kappa shape index (κ3) is 3.24. The van der Waals surface area contributed by atoms with Crippen LogP contribution in [0.5, 0.6) is 5.75 Å². The summed E-state index contributed by atoms with van der Waals surface area (Å²) in [7, 11) is 0. The second-order valence-electron chi connectivity index (χ2n) is 7.67. The molecule has 4 rings (SSSR count). The third-order valence-electron chi connectivity index (χ3n) is 5.94. The molecule has 0 saturated carbocycles. The van der Waals surface area contributed by atoms with Gasteiger partial charge < -0.3 is 20.4 Å². The van der Waals surface area contributed by atoms with Crippen molar-refractivity contribution in [3.05, 3.63) is 54.1 Å². The second-order valence-corrected chi connectivity index (χ2v) is 7.67. The predicted octanol–water partition coefficient (Wildman–Crippen LogP) is 2.16. The number of hydrogen-bond donors (Lipinski definition) is 3. The van der Waals surface area contributed by atoms with E-state index in [9.17, 15) is 19.8 Å². The largest absolute Gasteiger partial charge is 0.508 e. The Kier molecular flexibility index (Phi) is 4.81. The molecule has 1 spiro atoms. The number of aromatic hydroxyl groups is 1. The van der Waals surface area contributed by atoms with Gasteiger partial charge in [-0.15, -0.1) is 0 Å². The topological polar surface area (TPSA) is 89.9 Å². The Bertz CT molecular complexity index is 878. The van der Waals surface area contributed by atoms with E-state index in [-0.39, 0.29) is 24.1 Å². The molecule has 2 fully saturated rings. The lowest BCUT2D eigenvalue weighted by molar-refractivity contribution is -0.147. The first-order chi connectivity index (χ1) is 13.5. The molecule has 0 aromatic heterocycles. The van der Waals surface area contributed by atoms with Gasteiger partial charge >= 0.3 is 0 Å². The number of amides is 2. The van der Waals surface area contributed by atoms with Crippen molar-refractivity contribution >= 4 is 11.8 Å². The molecule has 2 saturated heterocycles. The van der Waals surface area contributed by atoms with E-state index < -0.39 is 11.5 Å². The van der Waals surface area contributed by atoms with Gasteiger partial charge in [0, 0.05) is 25.2 Å². The van der Waals surface area contributed by atoms with Crippen LogP contribution in [0.2, 0.25) is 0 Å². The summed E-state index contributed by atoms with van der Waals surface area (Å²) in [5.41, 5.74) is 1.58. The van der Waals surface area contributed by atoms with E-state index in [1.165, 1.54) is 0 Å². The first-order valence-corrected chi connectivity index (χ1v) is 9.65. The highest BCUT2D eigenvalue weighted by molar-refractivity contribution is 5.95. The zero-order valence-corrected chi connectivity index (χ0v) is 15.6. The summed E-state index contributed by atoms with van der Waals surface area (Å²) in [5, 5.41) is 22.7. The molecular weight excluding hydrogens is 356 g/mol. The average molecular weight is 380 g/mol. The maximum absolute atomic E-state index is 13.0. The standard InChI is InChI=1S/C22H24N2O4/c25-18-8-6-16(7-9-18)15-2-4-17(5-3-15)20(27)24-13-10-19(26)22(14-24)11-1-12-23-21(22)28/h2-9,19,25-26H,1,10-14H2,(H,23,28)/t19-,22-/m1/s1. The lowest BCUT2D eigenvalue weighted by Crippen LogP contribution is -2.62. The number of carbonyl (C=O) groups excluding carboxylic acids is 2. The van der Waals surface area contributed by atoms with Crippen molar-refractivity contribution in [3.63, 3.8) is 0 Å². The van der Waals surface area contributed by atoms with Gasteiger partial charge in [0.25, 0.3) is 5.91 Å². The minimum atomic E-state index is -0.891. The van der Waals surface area contributed by atoms with Crippen LogP contribution < -0.4 is 5.32 Å². The first-order valence-electron chi connectivity index (χ1n) is 9.65. The molecule has 2 aromatic carbocycles. The van der Waals surface area contributed by atoms with Gasteiger partial charge in [-0.25, -0.2) is 0 Å². The van der Waals surface area contributed by atoms with Crippen molar-refractivity contribution in [1.82, 2.24) is 10.2 Å². The van der Waals surface area contributed by atoms with Crippen LogP contribution in [0.25, 0.3) is 11.1 Å². The molecule has 2 amide bonds. The summed E-state index contributed by atoms with van der Waals surface area (Å²) in [6.07, 6.45) is 1.11. The number of rotatable bonds is 2. The van der Waals surface area contributed by atoms with Crippen LogP contribution in [0.15, 0.2) is 48.5 Å². The highest BCUT2D eigenvalue weighted by Gasteiger charge is 2.50. The number of likely N-dealkylation sites (tertiary alicyclic amines) is 1. The van der Waals surface area contributed by atoms with Crippen molar-refractivity contribution in [1.29, 1.82) is 0 Å². The van der Waals surface area contributed by atoms with Gasteiger partial charge in [0.1, 0.15) is 5.75 Å². The smallest absolute Gasteiger partial charge is 0.253 e. The Balaban J connectivity index is 1.52. The van der Waals surface area contributed by atoms with E-state index in [1.54, 1.807) is 29.2 Å². The van der Waals surface area contributed by atoms with Gasteiger partial charge in [-0.2, -0.15) is 0 Å². The zero-order chi connectivity index (χ0) is 19.7. The molecule has 0 aliphatic carbocycles. The lowest BCUT2D eigenvalue weighted by atomic mass is 9.71. The number of hydrogen-bond acceptors (Lipinski definition) is 4. The van der Waals surface area contributed by atoms with Crippen molar-refractivity contribution < 1.29 is 19.8 Å². The summed E-state index contributed by atoms with van der Waals surface area (Å²) < 4.78 is 0. The number of phenols is 1. The molecular formula is C22H24N2O4. The molecule has 2 aliphatic rings. The number of aliphatic hydroxyl groups is 1. The molecule has 2 atom stereocenters. The Morgan fingerprint density at radius 2 is 1.71 bits per heavy atom. The van der Waals surface area contributed by atoms with Crippen LogP contribution in [-0.2, 0) is 4.79 Å². The molecule has 0 radical (unpaired) electrons. The number of nitrogens with one attached hydrogen (secondary N) is 1. The van der Waals surface area contributed by atoms with Gasteiger partial charge in [-0.1, -0.05) is 24.3 Å². The molecule has 2 heterocycles. The maximum atomic E-state index is 13.0. The highest BCUT2D eigenvalue weighted by atomic mass is 16.3. The summed E-state index contributed by atoms with van der Waals surface area (Å²) in [6.45, 7) is 1.31. The van der Waals surface area contributed by atoms with E-state index in [0.29, 0.717) is 31.5 Å². The van der Waals surface area contributed by atoms with Crippen molar-refractivity contribution in [3.8, 4) is 16.9 Å². The van der Waals surface area contributed by atoms with Gasteiger partial charge in [0.15, 0.2) is 0 Å². The molecule has 6 heteroatoms. The summed E-state index contributed by atoms with van der Waals surface area (Å²) in [4.78, 5) is 27.2. The van der Waals surface area contributed by atoms with E-state index in [0.717, 1.165) is 17.5 Å². The molecule has 146 valence electrons. The van der Waals surface area contributed by atoms with E-state index in [1.807, 2.05) is 24.3 Å². The monoisotopic (exact) mass is 380 g/mol. The van der Waals surface area contributed by atoms with Crippen LogP contribution >= 0.6 is 0 Å². The van der Waals surface area contributed by atoms with Crippen LogP contribution in [0.3, 0.4) is 0 Å². The fourth-order valence-corrected chi connectivity index (χ4v) is 4.26. The molecule has 2 aliphatic heterocycles. The van der Waals surface area contributed by atoms with E-state index >= 15 is 0 Å². The maximum Gasteiger partial charge on any atom is 0.253 e. The Morgan fingerprint density at radius 1 is 1.07 bits per heavy atom. The van der Waals surface area contributed by atoms with Crippen molar-refractivity contribution in [2.24, 2.45) is 5.41 Å². The minimum Gasteiger partial charge on any atom is -0.508 e. The SMILES string of the molecule is O=C(c1ccc(-c2ccc(O)cc2)cc1)N1CC[C@@H](O)[C@@]2(CCCNC2=O)C1. The fraction of sp³-hybridized carbons (Fsp3) is 0.364. The number of carbonyl (C=O) groups is 2. The van der Waals surface area contributed by atoms with E-state index in [2.05, 4.69) is 5.32 Å². The van der Waals surface area contributed by atoms with Crippen LogP contribution in [0, 0.1) is 5.41 Å². The molecule has 3 N–H and O–H groups in total. The molecule has 0 bridgehead atoms. The third-order valence-corrected chi connectivity index (χ3v) is 5.94. The van der Waals surface area contributed by atoms with Crippen LogP contribution in [-0.4, -0.2) is 52.7 Å². The van der Waals surface area contributed by atoms with Gasteiger partial charge in [0.2, 0.25) is 5.91 Å². The van der Waals surface area contributed by atoms with E-state index in [4.69, 9.17) is 0 Å². The van der Waals surface area contributed by atoms with Gasteiger partial charge in [0.05, 0.1) is 11.5 Å². The minimum absolute atomic E-state index is 0.123. The van der Waals surface area contributed by atoms with Crippen molar-refractivity contribution in [2.45, 2.75) is 25.4 Å². The first kappa shape index (κ1) is 18.5. The lowest BCUT2D eigenvalue weighted by Gasteiger charge is -2.46. The number of phenolic OH excluding ortho intramolecular Hbond substituents is 1. The Morgan fingerprint density at radius 3 is 2.36 bits per heavy atom.